The van der Waals surface area contributed by atoms with Gasteiger partial charge < -0.3 is 8.92 Å². The van der Waals surface area contributed by atoms with Crippen molar-refractivity contribution < 1.29 is 8.92 Å². The van der Waals surface area contributed by atoms with Gasteiger partial charge >= 0.3 is 0 Å². The van der Waals surface area contributed by atoms with E-state index in [1.807, 2.05) is 25.1 Å². The molecule has 0 amide bonds. The fourth-order valence-electron chi connectivity index (χ4n) is 1.84. The Morgan fingerprint density at radius 3 is 2.53 bits per heavy atom. The Kier molecular flexibility index (Phi) is 6.15. The maximum absolute atomic E-state index is 6.14. The second-order valence-corrected chi connectivity index (χ2v) is 9.74. The molecule has 0 aliphatic carbocycles. The van der Waals surface area contributed by atoms with E-state index >= 15 is 0 Å². The molecule has 1 rings (SSSR count). The molecule has 0 aromatic heterocycles. The Balaban J connectivity index is 2.59. The van der Waals surface area contributed by atoms with E-state index in [0.717, 1.165) is 24.3 Å². The van der Waals surface area contributed by atoms with Gasteiger partial charge in [0.1, 0.15) is 13.6 Å². The molecule has 0 saturated heterocycles. The predicted octanol–water partition coefficient (Wildman–Crippen LogP) is 3.40. The van der Waals surface area contributed by atoms with Crippen molar-refractivity contribution >= 4 is 30.8 Å². The molecule has 1 aromatic rings. The molecule has 0 N–H and O–H groups in total. The van der Waals surface area contributed by atoms with E-state index in [4.69, 9.17) is 16.8 Å². The summed E-state index contributed by atoms with van der Waals surface area (Å²) in [7, 11) is 6.79. The summed E-state index contributed by atoms with van der Waals surface area (Å²) in [5.74, 6) is 2.00. The quantitative estimate of drug-likeness (QED) is 0.472. The van der Waals surface area contributed by atoms with Crippen molar-refractivity contribution in [1.29, 1.82) is 0 Å². The van der Waals surface area contributed by atoms with Gasteiger partial charge in [0.2, 0.25) is 0 Å². The number of benzene rings is 1. The number of methoxy groups -OCH3 is 1. The molecule has 0 fully saturated rings. The van der Waals surface area contributed by atoms with Crippen molar-refractivity contribution in [2.45, 2.75) is 24.6 Å². The third-order valence-electron chi connectivity index (χ3n) is 3.57. The monoisotopic (exact) mass is 298 g/mol. The number of para-hydroxylation sites is 1. The summed E-state index contributed by atoms with van der Waals surface area (Å²) in [5, 5.41) is 0. The molecule has 0 bridgehead atoms. The molecule has 2 nitrogen and oxygen atoms in total. The molecule has 0 heterocycles. The van der Waals surface area contributed by atoms with Crippen LogP contribution in [-0.2, 0) is 10.6 Å². The summed E-state index contributed by atoms with van der Waals surface area (Å²) in [6.45, 7) is 1.90. The number of rotatable bonds is 7. The van der Waals surface area contributed by atoms with Gasteiger partial charge in [-0.1, -0.05) is 18.2 Å². The van der Waals surface area contributed by atoms with Crippen LogP contribution in [0.25, 0.3) is 0 Å². The van der Waals surface area contributed by atoms with Crippen molar-refractivity contribution in [3.63, 3.8) is 0 Å². The van der Waals surface area contributed by atoms with Crippen molar-refractivity contribution in [3.05, 3.63) is 29.8 Å². The summed E-state index contributed by atoms with van der Waals surface area (Å²) in [4.78, 5) is -0.656. The summed E-state index contributed by atoms with van der Waals surface area (Å²) in [6, 6.07) is 8.14. The smallest absolute Gasteiger partial charge is 0.128 e. The van der Waals surface area contributed by atoms with Gasteiger partial charge in [0, 0.05) is 0 Å². The number of aryl methyl sites for hydroxylation is 1. The molecule has 2 radical (unpaired) electrons. The fraction of sp³-hybridized carbons (Fsp3) is 0.571. The third-order valence-corrected chi connectivity index (χ3v) is 7.66. The maximum Gasteiger partial charge on any atom is 0.128 e. The van der Waals surface area contributed by atoms with E-state index in [-0.39, 0.29) is 0 Å². The van der Waals surface area contributed by atoms with Crippen molar-refractivity contribution in [2.24, 2.45) is 0 Å². The molecular weight excluding hydrogens is 275 g/mol. The molecule has 5 heteroatoms. The minimum Gasteiger partial charge on any atom is -0.496 e. The minimum absolute atomic E-state index is 0.656. The van der Waals surface area contributed by atoms with Gasteiger partial charge in [-0.2, -0.15) is 0 Å². The Morgan fingerprint density at radius 1 is 1.32 bits per heavy atom. The lowest BCUT2D eigenvalue weighted by molar-refractivity contribution is 0.322. The molecule has 0 saturated carbocycles. The zero-order chi connectivity index (χ0) is 14.5. The minimum atomic E-state index is -1.06. The fourth-order valence-corrected chi connectivity index (χ4v) is 3.91. The standard InChI is InChI=1S/C14H23BO2S2/c1-14(15,17-18)19(3,4)11-7-9-12-8-5-6-10-13(12)16-2/h5-6,8,10,18H,7,9,11H2,1-4H3. The van der Waals surface area contributed by atoms with Crippen molar-refractivity contribution in [1.82, 2.24) is 0 Å². The zero-order valence-electron chi connectivity index (χ0n) is 12.2. The number of ether oxygens (including phenoxy) is 1. The van der Waals surface area contributed by atoms with Gasteiger partial charge in [-0.3, -0.25) is 0 Å². The second kappa shape index (κ2) is 6.96. The van der Waals surface area contributed by atoms with Crippen LogP contribution >= 0.6 is 22.9 Å². The van der Waals surface area contributed by atoms with Crippen LogP contribution in [0, 0.1) is 0 Å². The molecule has 1 aromatic carbocycles. The van der Waals surface area contributed by atoms with Gasteiger partial charge in [-0.15, -0.1) is 0 Å². The van der Waals surface area contributed by atoms with Crippen LogP contribution in [-0.4, -0.2) is 38.1 Å². The first-order valence-electron chi connectivity index (χ1n) is 6.28. The average molecular weight is 298 g/mol. The summed E-state index contributed by atoms with van der Waals surface area (Å²) < 4.78 is 10.5. The highest BCUT2D eigenvalue weighted by molar-refractivity contribution is 8.34. The van der Waals surface area contributed by atoms with Gasteiger partial charge in [-0.05, 0) is 62.6 Å². The van der Waals surface area contributed by atoms with Crippen LogP contribution in [0.1, 0.15) is 18.9 Å². The lowest BCUT2D eigenvalue weighted by Crippen LogP contribution is -2.34. The molecule has 0 spiro atoms. The van der Waals surface area contributed by atoms with Crippen molar-refractivity contribution in [3.8, 4) is 5.75 Å². The molecule has 106 valence electrons. The van der Waals surface area contributed by atoms with Gasteiger partial charge in [-0.25, -0.2) is 10.0 Å². The van der Waals surface area contributed by atoms with Gasteiger partial charge in [0.15, 0.2) is 0 Å². The first-order valence-corrected chi connectivity index (χ1v) is 9.26. The molecular formula is C14H23BO2S2. The number of thiol groups is 1. The summed E-state index contributed by atoms with van der Waals surface area (Å²) in [6.07, 6.45) is 6.42. The average Bonchev–Trinajstić information content (AvgIpc) is 2.38. The van der Waals surface area contributed by atoms with Crippen LogP contribution in [0.15, 0.2) is 24.3 Å². The van der Waals surface area contributed by atoms with Crippen LogP contribution in [0.2, 0.25) is 0 Å². The maximum atomic E-state index is 6.14. The molecule has 1 unspecified atom stereocenters. The molecule has 0 aliphatic heterocycles. The van der Waals surface area contributed by atoms with E-state index < -0.39 is 14.9 Å². The first-order chi connectivity index (χ1) is 8.84. The number of hydrogen-bond acceptors (Lipinski definition) is 3. The van der Waals surface area contributed by atoms with Crippen LogP contribution < -0.4 is 4.74 Å². The lowest BCUT2D eigenvalue weighted by Gasteiger charge is -2.45. The predicted molar refractivity (Wildman–Crippen MR) is 89.9 cm³/mol. The Morgan fingerprint density at radius 2 is 1.95 bits per heavy atom. The van der Waals surface area contributed by atoms with Crippen LogP contribution in [0.3, 0.4) is 0 Å². The topological polar surface area (TPSA) is 18.5 Å². The van der Waals surface area contributed by atoms with E-state index in [2.05, 4.69) is 31.5 Å². The Bertz CT molecular complexity index is 408. The Hall–Kier alpha value is -0.255. The molecule has 19 heavy (non-hydrogen) atoms. The van der Waals surface area contributed by atoms with Gasteiger partial charge in [0.05, 0.1) is 11.9 Å². The van der Waals surface area contributed by atoms with Crippen LogP contribution in [0.5, 0.6) is 5.75 Å². The first kappa shape index (κ1) is 16.8. The SMILES string of the molecule is [B]C(C)(OS)S(C)(C)CCCc1ccccc1OC. The Labute approximate surface area is 125 Å². The highest BCUT2D eigenvalue weighted by Gasteiger charge is 2.31. The van der Waals surface area contributed by atoms with E-state index in [9.17, 15) is 0 Å². The third kappa shape index (κ3) is 4.37. The summed E-state index contributed by atoms with van der Waals surface area (Å²) >= 11 is 3.89. The lowest BCUT2D eigenvalue weighted by atomic mass is 10.0. The molecule has 1 atom stereocenters. The van der Waals surface area contributed by atoms with Crippen LogP contribution in [0.4, 0.5) is 0 Å². The van der Waals surface area contributed by atoms with E-state index in [0.29, 0.717) is 0 Å². The normalized spacial score (nSPS) is 15.8. The van der Waals surface area contributed by atoms with E-state index in [1.165, 1.54) is 5.56 Å². The van der Waals surface area contributed by atoms with Gasteiger partial charge in [0.25, 0.3) is 0 Å². The zero-order valence-corrected chi connectivity index (χ0v) is 13.9. The second-order valence-electron chi connectivity index (χ2n) is 5.26. The van der Waals surface area contributed by atoms with E-state index in [1.54, 1.807) is 7.11 Å². The highest BCUT2D eigenvalue weighted by Crippen LogP contribution is 2.53. The molecule has 0 aliphatic rings. The summed E-state index contributed by atoms with van der Waals surface area (Å²) in [5.41, 5.74) is 1.24. The highest BCUT2D eigenvalue weighted by atomic mass is 32.3. The van der Waals surface area contributed by atoms with Crippen molar-refractivity contribution in [2.75, 3.05) is 25.4 Å². The largest absolute Gasteiger partial charge is 0.496 e. The number of hydrogen-bond donors (Lipinski definition) is 1.